The van der Waals surface area contributed by atoms with Crippen molar-refractivity contribution in [2.45, 2.75) is 43.8 Å². The van der Waals surface area contributed by atoms with Crippen LogP contribution in [0.25, 0.3) is 0 Å². The van der Waals surface area contributed by atoms with Gasteiger partial charge in [-0.15, -0.1) is 0 Å². The fraction of sp³-hybridized carbons (Fsp3) is 0.643. The van der Waals surface area contributed by atoms with Crippen molar-refractivity contribution < 1.29 is 9.84 Å². The predicted molar refractivity (Wildman–Crippen MR) is 72.2 cm³/mol. The van der Waals surface area contributed by atoms with Crippen LogP contribution in [0.3, 0.4) is 0 Å². The van der Waals surface area contributed by atoms with E-state index in [0.29, 0.717) is 0 Å². The van der Waals surface area contributed by atoms with Gasteiger partial charge in [-0.1, -0.05) is 0 Å². The average Bonchev–Trinajstić information content (AvgIpc) is 2.37. The van der Waals surface area contributed by atoms with Gasteiger partial charge in [-0.25, -0.2) is 0 Å². The molecule has 2 heterocycles. The number of aliphatic hydroxyl groups is 1. The van der Waals surface area contributed by atoms with Gasteiger partial charge in [-0.2, -0.15) is 0 Å². The van der Waals surface area contributed by atoms with E-state index in [-0.39, 0.29) is 11.5 Å². The summed E-state index contributed by atoms with van der Waals surface area (Å²) in [4.78, 5) is 4.31. The molecule has 1 saturated carbocycles. The lowest BCUT2D eigenvalue weighted by Gasteiger charge is -2.48. The quantitative estimate of drug-likeness (QED) is 0.912. The third-order valence-corrected chi connectivity index (χ3v) is 4.98. The van der Waals surface area contributed by atoms with Crippen LogP contribution in [0.4, 0.5) is 0 Å². The van der Waals surface area contributed by atoms with Crippen molar-refractivity contribution in [2.75, 3.05) is 6.61 Å². The van der Waals surface area contributed by atoms with Crippen molar-refractivity contribution in [3.05, 3.63) is 28.5 Å². The molecule has 0 amide bonds. The Kier molecular flexibility index (Phi) is 3.43. The van der Waals surface area contributed by atoms with Gasteiger partial charge in [-0.3, -0.25) is 4.98 Å². The summed E-state index contributed by atoms with van der Waals surface area (Å²) in [6.07, 6.45) is 6.71. The van der Waals surface area contributed by atoms with Gasteiger partial charge in [0.2, 0.25) is 0 Å². The minimum atomic E-state index is -0.484. The van der Waals surface area contributed by atoms with E-state index in [1.165, 1.54) is 6.42 Å². The summed E-state index contributed by atoms with van der Waals surface area (Å²) >= 11 is 3.47. The van der Waals surface area contributed by atoms with Crippen molar-refractivity contribution in [1.29, 1.82) is 0 Å². The molecule has 1 aliphatic heterocycles. The predicted octanol–water partition coefficient (Wildman–Crippen LogP) is 3.23. The molecule has 0 aromatic carbocycles. The smallest absolute Gasteiger partial charge is 0.100 e. The Labute approximate surface area is 116 Å². The third-order valence-electron chi connectivity index (χ3n) is 4.31. The molecule has 3 nitrogen and oxygen atoms in total. The fourth-order valence-electron chi connectivity index (χ4n) is 3.09. The molecule has 2 atom stereocenters. The van der Waals surface area contributed by atoms with Gasteiger partial charge in [0.25, 0.3) is 0 Å². The van der Waals surface area contributed by atoms with Gasteiger partial charge in [0.15, 0.2) is 0 Å². The molecule has 1 spiro atoms. The molecule has 0 bridgehead atoms. The van der Waals surface area contributed by atoms with Crippen LogP contribution in [0.5, 0.6) is 0 Å². The summed E-state index contributed by atoms with van der Waals surface area (Å²) < 4.78 is 6.80. The number of hydrogen-bond donors (Lipinski definition) is 1. The second-order valence-electron chi connectivity index (χ2n) is 5.45. The van der Waals surface area contributed by atoms with Crippen LogP contribution in [-0.4, -0.2) is 22.3 Å². The van der Waals surface area contributed by atoms with Crippen molar-refractivity contribution in [3.63, 3.8) is 0 Å². The van der Waals surface area contributed by atoms with E-state index in [1.54, 1.807) is 6.20 Å². The summed E-state index contributed by atoms with van der Waals surface area (Å²) in [5.41, 5.74) is 0.837. The second-order valence-corrected chi connectivity index (χ2v) is 6.31. The van der Waals surface area contributed by atoms with E-state index in [1.807, 2.05) is 12.1 Å². The maximum absolute atomic E-state index is 10.5. The first-order valence-corrected chi connectivity index (χ1v) is 7.42. The highest BCUT2D eigenvalue weighted by atomic mass is 79.9. The zero-order valence-corrected chi connectivity index (χ0v) is 11.9. The van der Waals surface area contributed by atoms with E-state index < -0.39 is 6.10 Å². The number of nitrogens with zero attached hydrogens (tertiary/aromatic N) is 1. The molecular weight excluding hydrogens is 294 g/mol. The Bertz CT molecular complexity index is 434. The average molecular weight is 312 g/mol. The van der Waals surface area contributed by atoms with Gasteiger partial charge in [-0.05, 0) is 66.1 Å². The first-order valence-electron chi connectivity index (χ1n) is 6.63. The topological polar surface area (TPSA) is 42.4 Å². The summed E-state index contributed by atoms with van der Waals surface area (Å²) in [7, 11) is 0. The number of ether oxygens (including phenoxy) is 1. The van der Waals surface area contributed by atoms with Gasteiger partial charge >= 0.3 is 0 Å². The number of rotatable bonds is 2. The van der Waals surface area contributed by atoms with Crippen LogP contribution in [-0.2, 0) is 4.74 Å². The molecular formula is C14H18BrNO2. The van der Waals surface area contributed by atoms with Gasteiger partial charge < -0.3 is 9.84 Å². The minimum absolute atomic E-state index is 0.0746. The third kappa shape index (κ3) is 2.22. The van der Waals surface area contributed by atoms with Gasteiger partial charge in [0, 0.05) is 17.3 Å². The fourth-order valence-corrected chi connectivity index (χ4v) is 3.58. The summed E-state index contributed by atoms with van der Waals surface area (Å²) in [5.74, 6) is 0.269. The van der Waals surface area contributed by atoms with E-state index in [2.05, 4.69) is 20.9 Å². The Morgan fingerprint density at radius 3 is 3.00 bits per heavy atom. The monoisotopic (exact) mass is 311 g/mol. The summed E-state index contributed by atoms with van der Waals surface area (Å²) in [5, 5.41) is 10.5. The number of aliphatic hydroxyl groups excluding tert-OH is 1. The molecule has 98 valence electrons. The van der Waals surface area contributed by atoms with Crippen LogP contribution in [0.2, 0.25) is 0 Å². The van der Waals surface area contributed by atoms with E-state index in [0.717, 1.165) is 42.5 Å². The highest BCUT2D eigenvalue weighted by Gasteiger charge is 2.44. The molecule has 3 rings (SSSR count). The van der Waals surface area contributed by atoms with Crippen molar-refractivity contribution in [2.24, 2.45) is 5.92 Å². The normalized spacial score (nSPS) is 27.8. The van der Waals surface area contributed by atoms with Crippen LogP contribution in [0.1, 0.15) is 43.9 Å². The lowest BCUT2D eigenvalue weighted by Crippen LogP contribution is -2.46. The Morgan fingerprint density at radius 2 is 2.33 bits per heavy atom. The van der Waals surface area contributed by atoms with Crippen molar-refractivity contribution in [3.8, 4) is 0 Å². The van der Waals surface area contributed by atoms with Crippen molar-refractivity contribution >= 4 is 15.9 Å². The molecule has 1 saturated heterocycles. The standard InChI is InChI=1S/C14H18BrNO2/c15-11-3-1-7-16-12(11)13(17)10-4-8-18-14(9-10)5-2-6-14/h1,3,7,10,13,17H,2,4-6,8-9H2. The van der Waals surface area contributed by atoms with E-state index >= 15 is 0 Å². The SMILES string of the molecule is OC(c1ncccc1Br)C1CCOC2(CCC2)C1. The zero-order chi connectivity index (χ0) is 12.6. The molecule has 1 aromatic heterocycles. The first-order chi connectivity index (χ1) is 8.70. The molecule has 2 fully saturated rings. The molecule has 18 heavy (non-hydrogen) atoms. The lowest BCUT2D eigenvalue weighted by molar-refractivity contribution is -0.157. The van der Waals surface area contributed by atoms with E-state index in [9.17, 15) is 5.11 Å². The lowest BCUT2D eigenvalue weighted by atomic mass is 9.70. The highest BCUT2D eigenvalue weighted by molar-refractivity contribution is 9.10. The van der Waals surface area contributed by atoms with Crippen LogP contribution in [0, 0.1) is 5.92 Å². The molecule has 0 radical (unpaired) electrons. The molecule has 1 aliphatic carbocycles. The number of hydrogen-bond acceptors (Lipinski definition) is 3. The van der Waals surface area contributed by atoms with Crippen LogP contribution < -0.4 is 0 Å². The Balaban J connectivity index is 1.76. The highest BCUT2D eigenvalue weighted by Crippen LogP contribution is 2.47. The van der Waals surface area contributed by atoms with Crippen LogP contribution >= 0.6 is 15.9 Å². The number of halogens is 1. The van der Waals surface area contributed by atoms with E-state index in [4.69, 9.17) is 4.74 Å². The molecule has 1 aromatic rings. The van der Waals surface area contributed by atoms with Crippen LogP contribution in [0.15, 0.2) is 22.8 Å². The Morgan fingerprint density at radius 1 is 1.50 bits per heavy atom. The van der Waals surface area contributed by atoms with Gasteiger partial charge in [0.1, 0.15) is 6.10 Å². The Hall–Kier alpha value is -0.450. The molecule has 1 N–H and O–H groups in total. The summed E-state index contributed by atoms with van der Waals surface area (Å²) in [6, 6.07) is 3.81. The molecule has 2 unspecified atom stereocenters. The minimum Gasteiger partial charge on any atom is -0.386 e. The maximum Gasteiger partial charge on any atom is 0.100 e. The van der Waals surface area contributed by atoms with Crippen molar-refractivity contribution in [1.82, 2.24) is 4.98 Å². The van der Waals surface area contributed by atoms with Gasteiger partial charge in [0.05, 0.1) is 11.3 Å². The number of pyridine rings is 1. The zero-order valence-electron chi connectivity index (χ0n) is 10.3. The molecule has 4 heteroatoms. The molecule has 2 aliphatic rings. The largest absolute Gasteiger partial charge is 0.386 e. The maximum atomic E-state index is 10.5. The summed E-state index contributed by atoms with van der Waals surface area (Å²) in [6.45, 7) is 0.770. The number of aromatic nitrogens is 1. The second kappa shape index (κ2) is 4.91. The first kappa shape index (κ1) is 12.6.